The van der Waals surface area contributed by atoms with Crippen molar-refractivity contribution >= 4 is 5.69 Å². The Morgan fingerprint density at radius 1 is 0.821 bits per heavy atom. The molecule has 3 aromatic carbocycles. The molecule has 1 atom stereocenters. The summed E-state index contributed by atoms with van der Waals surface area (Å²) in [5, 5.41) is 9.12. The van der Waals surface area contributed by atoms with E-state index in [0.29, 0.717) is 22.7 Å². The Balaban J connectivity index is 0.000000223. The van der Waals surface area contributed by atoms with Crippen molar-refractivity contribution in [1.82, 2.24) is 4.98 Å². The molecule has 0 amide bonds. The molecule has 0 aliphatic rings. The van der Waals surface area contributed by atoms with Crippen LogP contribution in [0.1, 0.15) is 11.1 Å². The third kappa shape index (κ3) is 8.75. The number of ether oxygens (including phenoxy) is 1. The van der Waals surface area contributed by atoms with Crippen molar-refractivity contribution in [2.24, 2.45) is 0 Å². The number of aliphatic hydroxyl groups excluding tert-OH is 1. The lowest BCUT2D eigenvalue weighted by atomic mass is 10.0. The minimum absolute atomic E-state index is 0.0244. The summed E-state index contributed by atoms with van der Waals surface area (Å²) >= 11 is 0. The fourth-order valence-corrected chi connectivity index (χ4v) is 3.53. The predicted molar refractivity (Wildman–Crippen MR) is 138 cm³/mol. The largest absolute Gasteiger partial charge is 0.457 e. The van der Waals surface area contributed by atoms with Gasteiger partial charge in [0.05, 0.1) is 17.8 Å². The first kappa shape index (κ1) is 29.5. The first-order valence-electron chi connectivity index (χ1n) is 11.7. The zero-order chi connectivity index (χ0) is 28.6. The maximum atomic E-state index is 12.8. The van der Waals surface area contributed by atoms with Crippen LogP contribution < -0.4 is 9.64 Å². The van der Waals surface area contributed by atoms with Crippen LogP contribution in [0.3, 0.4) is 0 Å². The van der Waals surface area contributed by atoms with Gasteiger partial charge >= 0.3 is 12.4 Å². The molecule has 0 fully saturated rings. The summed E-state index contributed by atoms with van der Waals surface area (Å²) in [6, 6.07) is 25.0. The minimum atomic E-state index is -4.63. The summed E-state index contributed by atoms with van der Waals surface area (Å²) in [5.74, 6) is 1.15. The molecule has 1 unspecified atom stereocenters. The normalized spacial score (nSPS) is 12.2. The molecular formula is C29H26F6N2O2. The highest BCUT2D eigenvalue weighted by molar-refractivity contribution is 5.64. The number of hydrogen-bond donors (Lipinski definition) is 1. The molecule has 0 saturated carbocycles. The smallest absolute Gasteiger partial charge is 0.418 e. The van der Waals surface area contributed by atoms with Gasteiger partial charge in [0, 0.05) is 30.6 Å². The van der Waals surface area contributed by atoms with E-state index in [2.05, 4.69) is 4.98 Å². The Kier molecular flexibility index (Phi) is 9.58. The van der Waals surface area contributed by atoms with Gasteiger partial charge < -0.3 is 14.7 Å². The molecule has 1 N–H and O–H groups in total. The van der Waals surface area contributed by atoms with Crippen molar-refractivity contribution in [1.29, 1.82) is 0 Å². The number of aromatic nitrogens is 1. The lowest BCUT2D eigenvalue weighted by molar-refractivity contribution is -0.200. The Morgan fingerprint density at radius 2 is 1.49 bits per heavy atom. The number of benzene rings is 3. The fraction of sp³-hybridized carbons (Fsp3) is 0.207. The van der Waals surface area contributed by atoms with E-state index in [1.807, 2.05) is 31.2 Å². The molecule has 4 nitrogen and oxygen atoms in total. The van der Waals surface area contributed by atoms with Crippen LogP contribution in [0.25, 0.3) is 11.3 Å². The summed E-state index contributed by atoms with van der Waals surface area (Å²) in [6.45, 7) is 1.29. The number of halogens is 6. The van der Waals surface area contributed by atoms with Crippen LogP contribution in [0.2, 0.25) is 0 Å². The number of anilines is 1. The third-order valence-electron chi connectivity index (χ3n) is 5.47. The third-order valence-corrected chi connectivity index (χ3v) is 5.47. The minimum Gasteiger partial charge on any atom is -0.457 e. The summed E-state index contributed by atoms with van der Waals surface area (Å²) < 4.78 is 81.2. The fourth-order valence-electron chi connectivity index (χ4n) is 3.53. The van der Waals surface area contributed by atoms with Crippen molar-refractivity contribution in [3.8, 4) is 22.8 Å². The SMILES string of the molecule is CN(CC(O)C(F)(F)F)c1cccc(Oc2ccccc2)c1.Cc1cccc(-c2ncccc2C(F)(F)F)c1. The van der Waals surface area contributed by atoms with Crippen molar-refractivity contribution < 1.29 is 36.2 Å². The van der Waals surface area contributed by atoms with Gasteiger partial charge in [0.1, 0.15) is 11.5 Å². The van der Waals surface area contributed by atoms with E-state index in [4.69, 9.17) is 9.84 Å². The molecule has 4 rings (SSSR count). The highest BCUT2D eigenvalue weighted by Gasteiger charge is 2.38. The van der Waals surface area contributed by atoms with Crippen molar-refractivity contribution in [3.63, 3.8) is 0 Å². The van der Waals surface area contributed by atoms with Gasteiger partial charge in [0.15, 0.2) is 6.10 Å². The molecule has 206 valence electrons. The van der Waals surface area contributed by atoms with Gasteiger partial charge in [-0.1, -0.05) is 48.0 Å². The molecule has 0 saturated heterocycles. The van der Waals surface area contributed by atoms with Gasteiger partial charge in [-0.05, 0) is 49.4 Å². The van der Waals surface area contributed by atoms with Gasteiger partial charge in [-0.3, -0.25) is 4.98 Å². The highest BCUT2D eigenvalue weighted by atomic mass is 19.4. The average molecular weight is 549 g/mol. The number of likely N-dealkylation sites (N-methyl/N-ethyl adjacent to an activating group) is 1. The van der Waals surface area contributed by atoms with Gasteiger partial charge in [-0.15, -0.1) is 0 Å². The van der Waals surface area contributed by atoms with Crippen LogP contribution in [0.5, 0.6) is 11.5 Å². The van der Waals surface area contributed by atoms with Gasteiger partial charge in [0.25, 0.3) is 0 Å². The molecule has 0 bridgehead atoms. The second kappa shape index (κ2) is 12.7. The first-order valence-corrected chi connectivity index (χ1v) is 11.7. The number of aliphatic hydroxyl groups is 1. The molecule has 0 aliphatic carbocycles. The molecule has 10 heteroatoms. The average Bonchev–Trinajstić information content (AvgIpc) is 2.89. The maximum Gasteiger partial charge on any atom is 0.418 e. The molecule has 0 spiro atoms. The highest BCUT2D eigenvalue weighted by Crippen LogP contribution is 2.35. The Bertz CT molecular complexity index is 1340. The summed E-state index contributed by atoms with van der Waals surface area (Å²) in [7, 11) is 1.48. The summed E-state index contributed by atoms with van der Waals surface area (Å²) in [4.78, 5) is 5.17. The Hall–Kier alpha value is -4.05. The molecule has 0 radical (unpaired) electrons. The zero-order valence-corrected chi connectivity index (χ0v) is 21.0. The van der Waals surface area contributed by atoms with Crippen LogP contribution in [-0.2, 0) is 6.18 Å². The summed E-state index contributed by atoms with van der Waals surface area (Å²) in [6.07, 6.45) is -10.0. The molecule has 1 aromatic heterocycles. The molecule has 39 heavy (non-hydrogen) atoms. The van der Waals surface area contributed by atoms with Crippen molar-refractivity contribution in [2.75, 3.05) is 18.5 Å². The molecule has 1 heterocycles. The first-order chi connectivity index (χ1) is 18.3. The molecule has 0 aliphatic heterocycles. The maximum absolute atomic E-state index is 12.8. The molecular weight excluding hydrogens is 522 g/mol. The van der Waals surface area contributed by atoms with Gasteiger partial charge in [0.2, 0.25) is 0 Å². The van der Waals surface area contributed by atoms with Crippen molar-refractivity contribution in [3.05, 3.63) is 108 Å². The van der Waals surface area contributed by atoms with E-state index in [0.717, 1.165) is 11.6 Å². The van der Waals surface area contributed by atoms with Crippen LogP contribution in [0, 0.1) is 6.92 Å². The van der Waals surface area contributed by atoms with Crippen LogP contribution in [0.4, 0.5) is 32.0 Å². The van der Waals surface area contributed by atoms with E-state index >= 15 is 0 Å². The van der Waals surface area contributed by atoms with Gasteiger partial charge in [-0.25, -0.2) is 0 Å². The topological polar surface area (TPSA) is 45.6 Å². The Morgan fingerprint density at radius 3 is 2.13 bits per heavy atom. The van der Waals surface area contributed by atoms with E-state index in [9.17, 15) is 26.3 Å². The van der Waals surface area contributed by atoms with E-state index in [-0.39, 0.29) is 5.69 Å². The monoisotopic (exact) mass is 548 g/mol. The number of pyridine rings is 1. The van der Waals surface area contributed by atoms with E-state index < -0.39 is 30.6 Å². The predicted octanol–water partition coefficient (Wildman–Crippen LogP) is 7.91. The number of alkyl halides is 6. The second-order valence-electron chi connectivity index (χ2n) is 8.62. The van der Waals surface area contributed by atoms with Crippen LogP contribution in [0.15, 0.2) is 97.2 Å². The van der Waals surface area contributed by atoms with E-state index in [1.54, 1.807) is 54.6 Å². The number of rotatable bonds is 6. The lowest BCUT2D eigenvalue weighted by Gasteiger charge is -2.24. The van der Waals surface area contributed by atoms with Gasteiger partial charge in [-0.2, -0.15) is 26.3 Å². The number of nitrogens with zero attached hydrogens (tertiary/aromatic N) is 2. The van der Waals surface area contributed by atoms with Crippen LogP contribution in [-0.4, -0.2) is 36.0 Å². The summed E-state index contributed by atoms with van der Waals surface area (Å²) in [5.41, 5.74) is 1.19. The number of para-hydroxylation sites is 1. The quantitative estimate of drug-likeness (QED) is 0.249. The van der Waals surface area contributed by atoms with Crippen molar-refractivity contribution in [2.45, 2.75) is 25.4 Å². The molecule has 4 aromatic rings. The number of aryl methyl sites for hydroxylation is 1. The Labute approximate surface area is 222 Å². The lowest BCUT2D eigenvalue weighted by Crippen LogP contribution is -2.39. The number of hydrogen-bond acceptors (Lipinski definition) is 4. The van der Waals surface area contributed by atoms with E-state index in [1.165, 1.54) is 24.2 Å². The standard InChI is InChI=1S/C16H16F3NO2.C13H10F3N/c1-20(11-15(21)16(17,18)19)12-6-5-9-14(10-12)22-13-7-3-2-4-8-13;1-9-4-2-5-10(8-9)12-11(13(14,15)16)6-3-7-17-12/h2-10,15,21H,11H2,1H3;2-8H,1H3. The zero-order valence-electron chi connectivity index (χ0n) is 21.0. The van der Waals surface area contributed by atoms with Crippen LogP contribution >= 0.6 is 0 Å². The second-order valence-corrected chi connectivity index (χ2v) is 8.62.